The second-order valence-electron chi connectivity index (χ2n) is 16.9. The van der Waals surface area contributed by atoms with Gasteiger partial charge in [-0.2, -0.15) is 0 Å². The van der Waals surface area contributed by atoms with Gasteiger partial charge in [0.15, 0.2) is 0 Å². The van der Waals surface area contributed by atoms with Crippen LogP contribution >= 0.6 is 0 Å². The Kier molecular flexibility index (Phi) is 48.0. The summed E-state index contributed by atoms with van der Waals surface area (Å²) < 4.78 is 11.2. The molecule has 0 aromatic carbocycles. The molecule has 0 saturated heterocycles. The first-order valence-electron chi connectivity index (χ1n) is 24.9. The smallest absolute Gasteiger partial charge is 0.306 e. The minimum absolute atomic E-state index is 0.170. The summed E-state index contributed by atoms with van der Waals surface area (Å²) in [6.07, 6.45) is 61.3. The standard InChI is InChI=1S/C51H98O4/c1-3-5-7-9-11-13-15-17-19-21-22-23-24-25-26-27-28-29-31-33-35-37-39-41-43-45-47-54-49-50(48-52)55-51(53)46-44-42-40-38-36-34-32-30-20-18-16-14-12-10-8-6-4-2/h12,14,18,20,50,52H,3-11,13,15-17,19,21-49H2,1-2H3/b14-12-,20-18-. The molecule has 4 heteroatoms. The quantitative estimate of drug-likeness (QED) is 0.0380. The summed E-state index contributed by atoms with van der Waals surface area (Å²) in [6.45, 7) is 5.36. The lowest BCUT2D eigenvalue weighted by Crippen LogP contribution is -2.27. The molecule has 0 aromatic heterocycles. The van der Waals surface area contributed by atoms with Crippen molar-refractivity contribution in [3.05, 3.63) is 24.3 Å². The van der Waals surface area contributed by atoms with E-state index in [-0.39, 0.29) is 12.6 Å². The summed E-state index contributed by atoms with van der Waals surface area (Å²) in [5.74, 6) is -0.203. The first-order valence-corrected chi connectivity index (χ1v) is 24.9. The topological polar surface area (TPSA) is 55.8 Å². The van der Waals surface area contributed by atoms with Crippen molar-refractivity contribution >= 4 is 5.97 Å². The summed E-state index contributed by atoms with van der Waals surface area (Å²) in [4.78, 5) is 12.2. The maximum absolute atomic E-state index is 12.2. The Bertz CT molecular complexity index is 777. The molecule has 0 saturated carbocycles. The summed E-state index contributed by atoms with van der Waals surface area (Å²) in [6, 6.07) is 0. The number of rotatable bonds is 47. The molecule has 1 atom stereocenters. The molecule has 0 aliphatic rings. The Labute approximate surface area is 345 Å². The highest BCUT2D eigenvalue weighted by Gasteiger charge is 2.13. The van der Waals surface area contributed by atoms with E-state index in [1.165, 1.54) is 225 Å². The molecule has 326 valence electrons. The van der Waals surface area contributed by atoms with Crippen molar-refractivity contribution in [2.75, 3.05) is 19.8 Å². The second-order valence-corrected chi connectivity index (χ2v) is 16.9. The Morgan fingerprint density at radius 1 is 0.436 bits per heavy atom. The van der Waals surface area contributed by atoms with Crippen LogP contribution in [0.5, 0.6) is 0 Å². The van der Waals surface area contributed by atoms with Gasteiger partial charge in [-0.25, -0.2) is 0 Å². The van der Waals surface area contributed by atoms with E-state index in [1.807, 2.05) is 0 Å². The third-order valence-corrected chi connectivity index (χ3v) is 11.3. The van der Waals surface area contributed by atoms with Gasteiger partial charge in [-0.15, -0.1) is 0 Å². The van der Waals surface area contributed by atoms with Crippen LogP contribution in [-0.4, -0.2) is 37.0 Å². The fourth-order valence-electron chi connectivity index (χ4n) is 7.54. The molecule has 1 unspecified atom stereocenters. The molecule has 0 spiro atoms. The summed E-state index contributed by atoms with van der Waals surface area (Å²) in [5, 5.41) is 9.63. The lowest BCUT2D eigenvalue weighted by molar-refractivity contribution is -0.154. The average Bonchev–Trinajstić information content (AvgIpc) is 3.19. The molecular weight excluding hydrogens is 677 g/mol. The highest BCUT2D eigenvalue weighted by atomic mass is 16.6. The molecule has 4 nitrogen and oxygen atoms in total. The van der Waals surface area contributed by atoms with E-state index in [0.717, 1.165) is 25.7 Å². The first kappa shape index (κ1) is 53.9. The van der Waals surface area contributed by atoms with Gasteiger partial charge in [0.1, 0.15) is 6.10 Å². The lowest BCUT2D eigenvalue weighted by atomic mass is 10.0. The summed E-state index contributed by atoms with van der Waals surface area (Å²) >= 11 is 0. The molecule has 0 bridgehead atoms. The van der Waals surface area contributed by atoms with Crippen molar-refractivity contribution in [1.29, 1.82) is 0 Å². The first-order chi connectivity index (χ1) is 27.2. The average molecular weight is 775 g/mol. The van der Waals surface area contributed by atoms with Crippen LogP contribution < -0.4 is 0 Å². The van der Waals surface area contributed by atoms with Crippen molar-refractivity contribution < 1.29 is 19.4 Å². The minimum Gasteiger partial charge on any atom is -0.457 e. The monoisotopic (exact) mass is 775 g/mol. The van der Waals surface area contributed by atoms with Crippen molar-refractivity contribution in [2.24, 2.45) is 0 Å². The predicted molar refractivity (Wildman–Crippen MR) is 242 cm³/mol. The molecule has 0 radical (unpaired) electrons. The summed E-state index contributed by atoms with van der Waals surface area (Å²) in [5.41, 5.74) is 0. The van der Waals surface area contributed by atoms with Gasteiger partial charge in [-0.05, 0) is 44.9 Å². The molecule has 0 heterocycles. The minimum atomic E-state index is -0.535. The number of allylic oxidation sites excluding steroid dienone is 4. The summed E-state index contributed by atoms with van der Waals surface area (Å²) in [7, 11) is 0. The zero-order valence-electron chi connectivity index (χ0n) is 37.5. The van der Waals surface area contributed by atoms with Crippen molar-refractivity contribution in [3.8, 4) is 0 Å². The molecule has 0 rings (SSSR count). The van der Waals surface area contributed by atoms with Crippen LogP contribution in [-0.2, 0) is 14.3 Å². The van der Waals surface area contributed by atoms with Crippen molar-refractivity contribution in [2.45, 2.75) is 277 Å². The van der Waals surface area contributed by atoms with Crippen LogP contribution in [0, 0.1) is 0 Å². The van der Waals surface area contributed by atoms with Crippen LogP contribution in [0.1, 0.15) is 271 Å². The van der Waals surface area contributed by atoms with Gasteiger partial charge in [0.2, 0.25) is 0 Å². The van der Waals surface area contributed by atoms with E-state index >= 15 is 0 Å². The zero-order valence-corrected chi connectivity index (χ0v) is 37.5. The molecule has 55 heavy (non-hydrogen) atoms. The third-order valence-electron chi connectivity index (χ3n) is 11.3. The van der Waals surface area contributed by atoms with Gasteiger partial charge in [0.25, 0.3) is 0 Å². The molecule has 0 amide bonds. The molecule has 1 N–H and O–H groups in total. The van der Waals surface area contributed by atoms with Gasteiger partial charge in [-0.1, -0.05) is 244 Å². The van der Waals surface area contributed by atoms with E-state index in [0.29, 0.717) is 19.6 Å². The van der Waals surface area contributed by atoms with Crippen LogP contribution in [0.4, 0.5) is 0 Å². The van der Waals surface area contributed by atoms with E-state index in [1.54, 1.807) is 0 Å². The van der Waals surface area contributed by atoms with Gasteiger partial charge >= 0.3 is 5.97 Å². The fraction of sp³-hybridized carbons (Fsp3) is 0.902. The SMILES string of the molecule is CCCCC/C=C\C/C=C\CCCCCCCCCC(=O)OC(CO)COCCCCCCCCCCCCCCCCCCCCCCCCCCCC. The van der Waals surface area contributed by atoms with Crippen LogP contribution in [0.3, 0.4) is 0 Å². The number of aliphatic hydroxyl groups is 1. The predicted octanol–water partition coefficient (Wildman–Crippen LogP) is 16.7. The van der Waals surface area contributed by atoms with Crippen LogP contribution in [0.25, 0.3) is 0 Å². The normalized spacial score (nSPS) is 12.4. The molecule has 0 fully saturated rings. The maximum atomic E-state index is 12.2. The van der Waals surface area contributed by atoms with Gasteiger partial charge in [0, 0.05) is 13.0 Å². The van der Waals surface area contributed by atoms with Gasteiger partial charge in [0.05, 0.1) is 13.2 Å². The second kappa shape index (κ2) is 49.0. The van der Waals surface area contributed by atoms with E-state index in [2.05, 4.69) is 38.2 Å². The maximum Gasteiger partial charge on any atom is 0.306 e. The van der Waals surface area contributed by atoms with Gasteiger partial charge < -0.3 is 14.6 Å². The number of aliphatic hydroxyl groups excluding tert-OH is 1. The van der Waals surface area contributed by atoms with E-state index < -0.39 is 6.10 Å². The Morgan fingerprint density at radius 3 is 1.16 bits per heavy atom. The largest absolute Gasteiger partial charge is 0.457 e. The Balaban J connectivity index is 3.35. The number of esters is 1. The number of carbonyl (C=O) groups is 1. The molecule has 0 aliphatic carbocycles. The van der Waals surface area contributed by atoms with Crippen molar-refractivity contribution in [1.82, 2.24) is 0 Å². The lowest BCUT2D eigenvalue weighted by Gasteiger charge is -2.16. The third kappa shape index (κ3) is 47.1. The highest BCUT2D eigenvalue weighted by Crippen LogP contribution is 2.16. The van der Waals surface area contributed by atoms with Crippen LogP contribution in [0.2, 0.25) is 0 Å². The number of unbranched alkanes of at least 4 members (excludes halogenated alkanes) is 35. The number of ether oxygens (including phenoxy) is 2. The number of hydrogen-bond donors (Lipinski definition) is 1. The number of hydrogen-bond acceptors (Lipinski definition) is 4. The molecule has 0 aromatic rings. The van der Waals surface area contributed by atoms with E-state index in [9.17, 15) is 9.90 Å². The Hall–Kier alpha value is -1.13. The molecular formula is C51H98O4. The highest BCUT2D eigenvalue weighted by molar-refractivity contribution is 5.69. The zero-order chi connectivity index (χ0) is 39.8. The van der Waals surface area contributed by atoms with Crippen molar-refractivity contribution in [3.63, 3.8) is 0 Å². The van der Waals surface area contributed by atoms with Gasteiger partial charge in [-0.3, -0.25) is 4.79 Å². The Morgan fingerprint density at radius 2 is 0.764 bits per heavy atom. The fourth-order valence-corrected chi connectivity index (χ4v) is 7.54. The number of carbonyl (C=O) groups excluding carboxylic acids is 1. The molecule has 0 aliphatic heterocycles. The van der Waals surface area contributed by atoms with E-state index in [4.69, 9.17) is 9.47 Å². The van der Waals surface area contributed by atoms with Crippen LogP contribution in [0.15, 0.2) is 24.3 Å².